The number of nitrogens with zero attached hydrogens (tertiary/aromatic N) is 3. The van der Waals surface area contributed by atoms with Crippen molar-refractivity contribution in [2.75, 3.05) is 23.4 Å². The molecule has 3 heterocycles. The number of rotatable bonds is 9. The molecule has 2 saturated heterocycles. The van der Waals surface area contributed by atoms with Gasteiger partial charge in [-0.15, -0.1) is 0 Å². The smallest absolute Gasteiger partial charge is 0.269 e. The number of anilines is 2. The van der Waals surface area contributed by atoms with E-state index in [1.165, 1.54) is 30.0 Å². The molecule has 3 aliphatic rings. The first-order valence-electron chi connectivity index (χ1n) is 15.2. The molecule has 6 atom stereocenters. The summed E-state index contributed by atoms with van der Waals surface area (Å²) in [4.78, 5) is 66.2. The van der Waals surface area contributed by atoms with Crippen LogP contribution in [0.1, 0.15) is 44.2 Å². The number of likely N-dealkylation sites (tertiary alicyclic amines) is 1. The lowest BCUT2D eigenvalue weighted by molar-refractivity contribution is -0.385. The molecule has 45 heavy (non-hydrogen) atoms. The Kier molecular flexibility index (Phi) is 8.90. The maximum atomic E-state index is 14.6. The van der Waals surface area contributed by atoms with E-state index in [9.17, 15) is 39.5 Å². The van der Waals surface area contributed by atoms with Gasteiger partial charge in [0.05, 0.1) is 42.3 Å². The van der Waals surface area contributed by atoms with Crippen LogP contribution >= 0.6 is 0 Å². The maximum Gasteiger partial charge on any atom is 0.269 e. The minimum absolute atomic E-state index is 0.0417. The Morgan fingerprint density at radius 3 is 2.62 bits per heavy atom. The van der Waals surface area contributed by atoms with E-state index in [1.54, 1.807) is 49.2 Å². The highest BCUT2D eigenvalue weighted by Crippen LogP contribution is 2.60. The van der Waals surface area contributed by atoms with Crippen LogP contribution in [0.5, 0.6) is 0 Å². The van der Waals surface area contributed by atoms with Crippen molar-refractivity contribution in [3.8, 4) is 0 Å². The number of nitro groups is 1. The molecule has 0 radical (unpaired) electrons. The van der Waals surface area contributed by atoms with Gasteiger partial charge < -0.3 is 34.9 Å². The topological polar surface area (TPSA) is 183 Å². The Hall–Kier alpha value is -3.69. The van der Waals surface area contributed by atoms with Gasteiger partial charge in [0.15, 0.2) is 13.9 Å². The molecule has 4 N–H and O–H groups in total. The Morgan fingerprint density at radius 2 is 1.98 bits per heavy atom. The van der Waals surface area contributed by atoms with Gasteiger partial charge in [-0.2, -0.15) is 0 Å². The number of ether oxygens (including phenoxy) is 1. The van der Waals surface area contributed by atoms with Crippen LogP contribution in [0.15, 0.2) is 42.5 Å². The van der Waals surface area contributed by atoms with Crippen molar-refractivity contribution in [2.24, 2.45) is 5.92 Å². The number of aliphatic hydroxyl groups is 2. The van der Waals surface area contributed by atoms with E-state index in [4.69, 9.17) is 4.74 Å². The van der Waals surface area contributed by atoms with E-state index >= 15 is 0 Å². The van der Waals surface area contributed by atoms with Crippen LogP contribution in [0.2, 0.25) is 18.6 Å². The molecule has 2 aromatic carbocycles. The zero-order valence-electron chi connectivity index (χ0n) is 25.8. The highest BCUT2D eigenvalue weighted by molar-refractivity contribution is 6.71. The van der Waals surface area contributed by atoms with Gasteiger partial charge >= 0.3 is 0 Å². The first kappa shape index (κ1) is 32.7. The number of benzene rings is 2. The monoisotopic (exact) mass is 640 g/mol. The van der Waals surface area contributed by atoms with Crippen molar-refractivity contribution >= 4 is 43.1 Å². The third kappa shape index (κ3) is 5.88. The Morgan fingerprint density at radius 1 is 1.24 bits per heavy atom. The number of nitro benzene ring substituents is 1. The summed E-state index contributed by atoms with van der Waals surface area (Å²) in [6.07, 6.45) is -0.710. The number of hydrogen-bond donors (Lipinski definition) is 4. The Bertz CT molecular complexity index is 1510. The molecule has 1 spiro atoms. The molecular formula is C31H40N4O9Si. The lowest BCUT2D eigenvalue weighted by Gasteiger charge is -2.32. The van der Waals surface area contributed by atoms with E-state index in [0.717, 1.165) is 6.42 Å². The van der Waals surface area contributed by atoms with Crippen molar-refractivity contribution in [1.29, 1.82) is 0 Å². The molecule has 0 saturated carbocycles. The molecule has 14 heteroatoms. The van der Waals surface area contributed by atoms with Gasteiger partial charge in [-0.25, -0.2) is 0 Å². The lowest BCUT2D eigenvalue weighted by atomic mass is 9.82. The molecule has 0 unspecified atom stereocenters. The van der Waals surface area contributed by atoms with Crippen molar-refractivity contribution < 1.29 is 39.1 Å². The van der Waals surface area contributed by atoms with Crippen LogP contribution in [-0.4, -0.2) is 82.3 Å². The maximum absolute atomic E-state index is 14.6. The lowest BCUT2D eigenvalue weighted by Crippen LogP contribution is -2.46. The fourth-order valence-electron chi connectivity index (χ4n) is 7.36. The average molecular weight is 641 g/mol. The van der Waals surface area contributed by atoms with Gasteiger partial charge in [-0.1, -0.05) is 19.1 Å². The Balaban J connectivity index is 1.54. The van der Waals surface area contributed by atoms with E-state index in [-0.39, 0.29) is 37.2 Å². The second-order valence-electron chi connectivity index (χ2n) is 12.8. The predicted octanol–water partition coefficient (Wildman–Crippen LogP) is 2.63. The first-order chi connectivity index (χ1) is 21.2. The molecule has 242 valence electrons. The zero-order chi connectivity index (χ0) is 32.8. The second kappa shape index (κ2) is 12.2. The van der Waals surface area contributed by atoms with Crippen molar-refractivity contribution in [2.45, 2.75) is 82.1 Å². The van der Waals surface area contributed by atoms with E-state index in [0.29, 0.717) is 35.5 Å². The summed E-state index contributed by atoms with van der Waals surface area (Å²) >= 11 is 0. The number of aliphatic hydroxyl groups excluding tert-OH is 2. The van der Waals surface area contributed by atoms with Gasteiger partial charge in [-0.3, -0.25) is 24.5 Å². The summed E-state index contributed by atoms with van der Waals surface area (Å²) in [6.45, 7) is 7.00. The summed E-state index contributed by atoms with van der Waals surface area (Å²) in [5, 5.41) is 33.9. The van der Waals surface area contributed by atoms with Crippen molar-refractivity contribution in [1.82, 2.24) is 4.90 Å². The highest BCUT2D eigenvalue weighted by Gasteiger charge is 2.66. The molecule has 13 nitrogen and oxygen atoms in total. The van der Waals surface area contributed by atoms with Gasteiger partial charge in [-0.05, 0) is 56.6 Å². The number of carbonyl (C=O) groups excluding carboxylic acids is 3. The van der Waals surface area contributed by atoms with Crippen LogP contribution < -0.4 is 10.2 Å². The van der Waals surface area contributed by atoms with Crippen LogP contribution in [0, 0.1) is 16.0 Å². The van der Waals surface area contributed by atoms with Crippen molar-refractivity contribution in [3.63, 3.8) is 0 Å². The summed E-state index contributed by atoms with van der Waals surface area (Å²) in [7, 11) is -3.10. The molecule has 0 bridgehead atoms. The zero-order valence-corrected chi connectivity index (χ0v) is 26.8. The van der Waals surface area contributed by atoms with E-state index < -0.39 is 54.3 Å². The van der Waals surface area contributed by atoms with Crippen molar-refractivity contribution in [3.05, 3.63) is 63.7 Å². The quantitative estimate of drug-likeness (QED) is 0.182. The SMILES string of the molecule is C[C@H](O)C(=O)Nc1cccc(CN2C(=O)[C@@]3(O[C@@H](CC(=O)N4CCC[C@H]4CO)[C@H]([Si](C)(C)O)[C@H]3C)c3cc([N+](=O)[O-])ccc32)c1. The number of carbonyl (C=O) groups is 3. The minimum atomic E-state index is -3.10. The van der Waals surface area contributed by atoms with Crippen LogP contribution in [0.25, 0.3) is 0 Å². The summed E-state index contributed by atoms with van der Waals surface area (Å²) in [6, 6.07) is 10.7. The molecule has 0 aromatic heterocycles. The van der Waals surface area contributed by atoms with E-state index in [1.807, 2.05) is 0 Å². The van der Waals surface area contributed by atoms with Crippen LogP contribution in [0.3, 0.4) is 0 Å². The number of nitrogens with one attached hydrogen (secondary N) is 1. The van der Waals surface area contributed by atoms with E-state index in [2.05, 4.69) is 5.32 Å². The molecule has 0 aliphatic carbocycles. The minimum Gasteiger partial charge on any atom is -0.432 e. The van der Waals surface area contributed by atoms with Crippen LogP contribution in [0.4, 0.5) is 17.1 Å². The molecule has 3 amide bonds. The number of amides is 3. The molecular weight excluding hydrogens is 600 g/mol. The largest absolute Gasteiger partial charge is 0.432 e. The van der Waals surface area contributed by atoms with Gasteiger partial charge in [0, 0.05) is 41.4 Å². The standard InChI is InChI=1S/C31H40N4O9Si/c1-18-28(45(3,4)43)26(15-27(38)33-12-6-9-23(33)17-36)44-31(18)24-14-22(35(41)42)10-11-25(24)34(30(31)40)16-20-7-5-8-21(13-20)32-29(39)19(2)37/h5,7-8,10-11,13-14,18-19,23,26,28,36-37,43H,6,9,12,15-17H2,1-4H3,(H,32,39)/t18-,19+,23+,26+,28-,31+/m1/s1. The molecule has 3 aliphatic heterocycles. The molecule has 2 aromatic rings. The third-order valence-corrected chi connectivity index (χ3v) is 11.9. The number of fused-ring (bicyclic) bond motifs is 2. The average Bonchev–Trinajstić information content (AvgIpc) is 3.63. The molecule has 2 fully saturated rings. The molecule has 5 rings (SSSR count). The summed E-state index contributed by atoms with van der Waals surface area (Å²) in [5.41, 5.74) is -0.692. The normalized spacial score (nSPS) is 26.8. The first-order valence-corrected chi connectivity index (χ1v) is 18.2. The number of non-ortho nitro benzene ring substituents is 1. The van der Waals surface area contributed by atoms with Gasteiger partial charge in [0.2, 0.25) is 5.91 Å². The fraction of sp³-hybridized carbons (Fsp3) is 0.516. The van der Waals surface area contributed by atoms with Gasteiger partial charge in [0.25, 0.3) is 17.5 Å². The van der Waals surface area contributed by atoms with Crippen LogP contribution in [-0.2, 0) is 31.3 Å². The fourth-order valence-corrected chi connectivity index (χ4v) is 9.91. The number of hydrogen-bond acceptors (Lipinski definition) is 9. The summed E-state index contributed by atoms with van der Waals surface area (Å²) in [5.74, 6) is -1.92. The predicted molar refractivity (Wildman–Crippen MR) is 167 cm³/mol. The Labute approximate surface area is 262 Å². The highest BCUT2D eigenvalue weighted by atomic mass is 28.4. The second-order valence-corrected chi connectivity index (χ2v) is 16.8. The summed E-state index contributed by atoms with van der Waals surface area (Å²) < 4.78 is 6.67. The van der Waals surface area contributed by atoms with Gasteiger partial charge in [0.1, 0.15) is 6.10 Å². The third-order valence-electron chi connectivity index (χ3n) is 9.38.